The molecule has 4 rings (SSSR count). The van der Waals surface area contributed by atoms with Crippen molar-refractivity contribution in [3.05, 3.63) is 54.1 Å². The minimum Gasteiger partial charge on any atom is -0.497 e. The van der Waals surface area contributed by atoms with Crippen molar-refractivity contribution in [2.75, 3.05) is 51.3 Å². The van der Waals surface area contributed by atoms with Crippen LogP contribution in [-0.4, -0.2) is 83.1 Å². The van der Waals surface area contributed by atoms with Gasteiger partial charge in [-0.25, -0.2) is 13.1 Å². The predicted molar refractivity (Wildman–Crippen MR) is 123 cm³/mol. The number of aliphatic hydroxyl groups excluding tert-OH is 1. The summed E-state index contributed by atoms with van der Waals surface area (Å²) in [5.74, 6) is 0.529. The van der Waals surface area contributed by atoms with Crippen LogP contribution in [0.1, 0.15) is 5.56 Å². The maximum absolute atomic E-state index is 13.0. The molecule has 3 atom stereocenters. The molecule has 0 bridgehead atoms. The molecule has 2 aliphatic rings. The second-order valence-corrected chi connectivity index (χ2v) is 10.3. The quantitative estimate of drug-likeness (QED) is 0.583. The molecule has 192 valence electrons. The minimum absolute atomic E-state index is 0.0332. The van der Waals surface area contributed by atoms with Crippen molar-refractivity contribution in [2.24, 2.45) is 0 Å². The maximum atomic E-state index is 13.0. The third kappa shape index (κ3) is 6.07. The zero-order valence-corrected chi connectivity index (χ0v) is 19.9. The van der Waals surface area contributed by atoms with E-state index in [1.165, 1.54) is 37.4 Å². The second-order valence-electron chi connectivity index (χ2n) is 8.60. The van der Waals surface area contributed by atoms with E-state index in [1.54, 1.807) is 6.07 Å². The lowest BCUT2D eigenvalue weighted by Gasteiger charge is -2.37. The van der Waals surface area contributed by atoms with E-state index in [1.807, 2.05) is 4.90 Å². The predicted octanol–water partition coefficient (Wildman–Crippen LogP) is 1.94. The molecule has 2 fully saturated rings. The van der Waals surface area contributed by atoms with Crippen molar-refractivity contribution < 1.29 is 36.2 Å². The van der Waals surface area contributed by atoms with Crippen molar-refractivity contribution in [3.63, 3.8) is 0 Å². The van der Waals surface area contributed by atoms with Gasteiger partial charge in [-0.3, -0.25) is 4.90 Å². The molecule has 0 aromatic heterocycles. The maximum Gasteiger partial charge on any atom is 0.416 e. The van der Waals surface area contributed by atoms with Gasteiger partial charge in [0.15, 0.2) is 0 Å². The first kappa shape index (κ1) is 25.7. The molecule has 0 radical (unpaired) electrons. The smallest absolute Gasteiger partial charge is 0.416 e. The number of anilines is 1. The lowest BCUT2D eigenvalue weighted by Crippen LogP contribution is -2.51. The Hall–Kier alpha value is -2.38. The number of rotatable bonds is 7. The summed E-state index contributed by atoms with van der Waals surface area (Å²) in [4.78, 5) is 4.00. The Morgan fingerprint density at radius 1 is 1.11 bits per heavy atom. The molecular formula is C23H28F3N3O5S. The van der Waals surface area contributed by atoms with Crippen LogP contribution >= 0.6 is 0 Å². The summed E-state index contributed by atoms with van der Waals surface area (Å²) < 4.78 is 77.6. The average molecular weight is 516 g/mol. The van der Waals surface area contributed by atoms with E-state index in [-0.39, 0.29) is 11.5 Å². The van der Waals surface area contributed by atoms with Gasteiger partial charge in [0, 0.05) is 38.4 Å². The van der Waals surface area contributed by atoms with Crippen molar-refractivity contribution in [2.45, 2.75) is 29.3 Å². The number of benzene rings is 2. The molecule has 35 heavy (non-hydrogen) atoms. The first-order valence-corrected chi connectivity index (χ1v) is 12.7. The Morgan fingerprint density at radius 3 is 2.43 bits per heavy atom. The number of aliphatic hydroxyl groups is 1. The zero-order valence-electron chi connectivity index (χ0n) is 19.1. The van der Waals surface area contributed by atoms with Crippen LogP contribution in [-0.2, 0) is 20.9 Å². The fourth-order valence-electron chi connectivity index (χ4n) is 4.29. The van der Waals surface area contributed by atoms with E-state index in [4.69, 9.17) is 9.47 Å². The van der Waals surface area contributed by atoms with E-state index in [2.05, 4.69) is 9.62 Å². The van der Waals surface area contributed by atoms with E-state index < -0.39 is 40.0 Å². The molecule has 0 amide bonds. The summed E-state index contributed by atoms with van der Waals surface area (Å²) in [5.41, 5.74) is -0.160. The number of ether oxygens (including phenoxy) is 2. The number of methoxy groups -OCH3 is 1. The zero-order chi connectivity index (χ0) is 25.2. The summed E-state index contributed by atoms with van der Waals surface area (Å²) in [6, 6.07) is 10.4. The molecular weight excluding hydrogens is 487 g/mol. The Morgan fingerprint density at radius 2 is 1.80 bits per heavy atom. The highest BCUT2D eigenvalue weighted by Crippen LogP contribution is 2.32. The highest BCUT2D eigenvalue weighted by atomic mass is 32.2. The summed E-state index contributed by atoms with van der Waals surface area (Å²) in [5, 5.41) is 10.7. The summed E-state index contributed by atoms with van der Waals surface area (Å²) in [7, 11) is -2.37. The monoisotopic (exact) mass is 515 g/mol. The number of halogens is 3. The second kappa shape index (κ2) is 10.3. The highest BCUT2D eigenvalue weighted by Gasteiger charge is 2.39. The van der Waals surface area contributed by atoms with Gasteiger partial charge in [0.25, 0.3) is 0 Å². The Balaban J connectivity index is 1.30. The van der Waals surface area contributed by atoms with Gasteiger partial charge in [-0.2, -0.15) is 13.2 Å². The number of hydrogen-bond acceptors (Lipinski definition) is 7. The van der Waals surface area contributed by atoms with Gasteiger partial charge in [0.1, 0.15) is 5.75 Å². The molecule has 0 aliphatic carbocycles. The van der Waals surface area contributed by atoms with Crippen LogP contribution in [0.4, 0.5) is 18.9 Å². The Kier molecular flexibility index (Phi) is 7.57. The van der Waals surface area contributed by atoms with Gasteiger partial charge in [-0.15, -0.1) is 0 Å². The topological polar surface area (TPSA) is 91.3 Å². The SMILES string of the molecule is COc1ccc(S(=O)(=O)N[C@H]2CO[C@@H](CN3CCN(c4cccc(C(F)(F)F)c4)CC3)[C@@H]2O)cc1. The third-order valence-electron chi connectivity index (χ3n) is 6.31. The van der Waals surface area contributed by atoms with Gasteiger partial charge in [-0.1, -0.05) is 6.07 Å². The van der Waals surface area contributed by atoms with Crippen LogP contribution in [0.2, 0.25) is 0 Å². The van der Waals surface area contributed by atoms with E-state index in [0.717, 1.165) is 12.1 Å². The Bertz CT molecular complexity index is 1110. The number of nitrogens with zero attached hydrogens (tertiary/aromatic N) is 2. The van der Waals surface area contributed by atoms with Gasteiger partial charge >= 0.3 is 6.18 Å². The molecule has 12 heteroatoms. The number of alkyl halides is 3. The van der Waals surface area contributed by atoms with Crippen molar-refractivity contribution in [1.82, 2.24) is 9.62 Å². The molecule has 2 aliphatic heterocycles. The Labute approximate surface area is 202 Å². The summed E-state index contributed by atoms with van der Waals surface area (Å²) >= 11 is 0. The third-order valence-corrected chi connectivity index (χ3v) is 7.81. The highest BCUT2D eigenvalue weighted by molar-refractivity contribution is 7.89. The van der Waals surface area contributed by atoms with Crippen molar-refractivity contribution >= 4 is 15.7 Å². The van der Waals surface area contributed by atoms with Crippen molar-refractivity contribution in [3.8, 4) is 5.75 Å². The molecule has 0 spiro atoms. The largest absolute Gasteiger partial charge is 0.497 e. The fourth-order valence-corrected chi connectivity index (χ4v) is 5.53. The van der Waals surface area contributed by atoms with Gasteiger partial charge in [0.2, 0.25) is 10.0 Å². The summed E-state index contributed by atoms with van der Waals surface area (Å²) in [6.07, 6.45) is -6.01. The van der Waals surface area contributed by atoms with E-state index >= 15 is 0 Å². The number of sulfonamides is 1. The lowest BCUT2D eigenvalue weighted by atomic mass is 10.1. The number of piperazine rings is 1. The van der Waals surface area contributed by atoms with E-state index in [0.29, 0.717) is 44.2 Å². The van der Waals surface area contributed by atoms with Crippen molar-refractivity contribution in [1.29, 1.82) is 0 Å². The molecule has 2 heterocycles. The van der Waals surface area contributed by atoms with Gasteiger partial charge in [-0.05, 0) is 42.5 Å². The first-order valence-electron chi connectivity index (χ1n) is 11.2. The van der Waals surface area contributed by atoms with Gasteiger partial charge < -0.3 is 19.5 Å². The first-order chi connectivity index (χ1) is 16.6. The van der Waals surface area contributed by atoms with E-state index in [9.17, 15) is 26.7 Å². The fraction of sp³-hybridized carbons (Fsp3) is 0.478. The molecule has 2 aromatic carbocycles. The molecule has 0 unspecified atom stereocenters. The van der Waals surface area contributed by atoms with Crippen LogP contribution in [0.3, 0.4) is 0 Å². The molecule has 2 saturated heterocycles. The number of nitrogens with one attached hydrogen (secondary N) is 1. The standard InChI is InChI=1S/C23H28F3N3O5S/c1-33-18-5-7-19(8-6-18)35(31,32)27-20-15-34-21(22(20)30)14-28-9-11-29(12-10-28)17-4-2-3-16(13-17)23(24,25)26/h2-8,13,20-22,27,30H,9-12,14-15H2,1H3/t20-,21-,22+/m0/s1. The minimum atomic E-state index is -4.39. The number of hydrogen-bond donors (Lipinski definition) is 2. The average Bonchev–Trinajstić information content (AvgIpc) is 3.17. The molecule has 2 N–H and O–H groups in total. The molecule has 0 saturated carbocycles. The normalized spacial score (nSPS) is 24.0. The van der Waals surface area contributed by atoms with Crippen LogP contribution in [0, 0.1) is 0 Å². The van der Waals surface area contributed by atoms with Crippen LogP contribution < -0.4 is 14.4 Å². The van der Waals surface area contributed by atoms with Crippen LogP contribution in [0.5, 0.6) is 5.75 Å². The van der Waals surface area contributed by atoms with Gasteiger partial charge in [0.05, 0.1) is 42.4 Å². The lowest BCUT2D eigenvalue weighted by molar-refractivity contribution is -0.137. The van der Waals surface area contributed by atoms with Crippen LogP contribution in [0.15, 0.2) is 53.4 Å². The molecule has 2 aromatic rings. The summed E-state index contributed by atoms with van der Waals surface area (Å²) in [6.45, 7) is 2.62. The van der Waals surface area contributed by atoms with Crippen LogP contribution in [0.25, 0.3) is 0 Å². The molecule has 8 nitrogen and oxygen atoms in total.